The van der Waals surface area contributed by atoms with Gasteiger partial charge in [-0.05, 0) is 42.2 Å². The number of aliphatic carboxylic acids is 1. The molecule has 140 valence electrons. The first kappa shape index (κ1) is 19.6. The average molecular weight is 358 g/mol. The largest absolute Gasteiger partial charge is 0.497 e. The van der Waals surface area contributed by atoms with Crippen LogP contribution in [0.1, 0.15) is 36.8 Å². The van der Waals surface area contributed by atoms with Crippen LogP contribution in [0, 0.1) is 0 Å². The van der Waals surface area contributed by atoms with Crippen molar-refractivity contribution in [2.24, 2.45) is 0 Å². The van der Waals surface area contributed by atoms with Crippen LogP contribution in [0.5, 0.6) is 17.2 Å². The van der Waals surface area contributed by atoms with Crippen molar-refractivity contribution in [3.05, 3.63) is 53.6 Å². The Hall–Kier alpha value is -2.69. The van der Waals surface area contributed by atoms with Crippen molar-refractivity contribution in [2.45, 2.75) is 32.1 Å². The van der Waals surface area contributed by atoms with E-state index in [4.69, 9.17) is 14.2 Å². The van der Waals surface area contributed by atoms with Crippen molar-refractivity contribution in [2.75, 3.05) is 20.8 Å². The second-order valence-corrected chi connectivity index (χ2v) is 6.02. The number of unbranched alkanes of at least 4 members (excludes halogenated alkanes) is 1. The molecule has 26 heavy (non-hydrogen) atoms. The second-order valence-electron chi connectivity index (χ2n) is 6.02. The molecule has 0 saturated heterocycles. The summed E-state index contributed by atoms with van der Waals surface area (Å²) in [5, 5.41) is 9.74. The molecule has 0 amide bonds. The Morgan fingerprint density at radius 1 is 1.08 bits per heavy atom. The van der Waals surface area contributed by atoms with E-state index in [0.29, 0.717) is 30.3 Å². The molecule has 0 aliphatic rings. The van der Waals surface area contributed by atoms with E-state index in [1.807, 2.05) is 18.2 Å². The molecule has 5 heteroatoms. The SMILES string of the molecule is CCCCOc1c(CC(C(=O)O)c2ccc(OC)cc2)cccc1OC. The van der Waals surface area contributed by atoms with Gasteiger partial charge in [0.25, 0.3) is 0 Å². The summed E-state index contributed by atoms with van der Waals surface area (Å²) in [6.07, 6.45) is 2.27. The molecule has 0 bridgehead atoms. The van der Waals surface area contributed by atoms with E-state index in [-0.39, 0.29) is 0 Å². The quantitative estimate of drug-likeness (QED) is 0.642. The molecule has 0 aliphatic carbocycles. The van der Waals surface area contributed by atoms with Gasteiger partial charge in [-0.1, -0.05) is 37.6 Å². The summed E-state index contributed by atoms with van der Waals surface area (Å²) in [7, 11) is 3.17. The third kappa shape index (κ3) is 4.91. The van der Waals surface area contributed by atoms with Crippen LogP contribution in [-0.2, 0) is 11.2 Å². The van der Waals surface area contributed by atoms with Gasteiger partial charge in [0.2, 0.25) is 0 Å². The van der Waals surface area contributed by atoms with Crippen molar-refractivity contribution in [3.8, 4) is 17.2 Å². The number of benzene rings is 2. The Balaban J connectivity index is 2.31. The molecule has 5 nitrogen and oxygen atoms in total. The smallest absolute Gasteiger partial charge is 0.311 e. The third-order valence-electron chi connectivity index (χ3n) is 4.26. The minimum Gasteiger partial charge on any atom is -0.497 e. The van der Waals surface area contributed by atoms with Crippen LogP contribution in [0.3, 0.4) is 0 Å². The summed E-state index contributed by atoms with van der Waals surface area (Å²) in [4.78, 5) is 11.9. The van der Waals surface area contributed by atoms with Gasteiger partial charge in [-0.3, -0.25) is 4.79 Å². The van der Waals surface area contributed by atoms with E-state index in [1.54, 1.807) is 38.5 Å². The van der Waals surface area contributed by atoms with Crippen molar-refractivity contribution < 1.29 is 24.1 Å². The number of carboxylic acid groups (broad SMARTS) is 1. The standard InChI is InChI=1S/C21H26O5/c1-4-5-13-26-20-16(7-6-8-19(20)25-3)14-18(21(22)23)15-9-11-17(24-2)12-10-15/h6-12,18H,4-5,13-14H2,1-3H3,(H,22,23). The number of carboxylic acids is 1. The monoisotopic (exact) mass is 358 g/mol. The van der Waals surface area contributed by atoms with Gasteiger partial charge in [0.1, 0.15) is 5.75 Å². The highest BCUT2D eigenvalue weighted by Crippen LogP contribution is 2.35. The molecule has 0 spiro atoms. The van der Waals surface area contributed by atoms with Crippen molar-refractivity contribution >= 4 is 5.97 Å². The summed E-state index contributed by atoms with van der Waals surface area (Å²) in [6, 6.07) is 12.7. The van der Waals surface area contributed by atoms with Gasteiger partial charge in [0.05, 0.1) is 26.7 Å². The average Bonchev–Trinajstić information content (AvgIpc) is 2.66. The molecule has 0 aromatic heterocycles. The predicted octanol–water partition coefficient (Wildman–Crippen LogP) is 4.29. The molecule has 0 saturated carbocycles. The first-order chi connectivity index (χ1) is 12.6. The van der Waals surface area contributed by atoms with E-state index < -0.39 is 11.9 Å². The maximum atomic E-state index is 11.9. The minimum atomic E-state index is -0.877. The molecule has 1 atom stereocenters. The van der Waals surface area contributed by atoms with Gasteiger partial charge in [-0.15, -0.1) is 0 Å². The van der Waals surface area contributed by atoms with E-state index >= 15 is 0 Å². The number of rotatable bonds is 10. The Kier molecular flexibility index (Phi) is 7.33. The summed E-state index contributed by atoms with van der Waals surface area (Å²) >= 11 is 0. The number of ether oxygens (including phenoxy) is 3. The lowest BCUT2D eigenvalue weighted by molar-refractivity contribution is -0.138. The normalized spacial score (nSPS) is 11.7. The van der Waals surface area contributed by atoms with Crippen LogP contribution in [0.25, 0.3) is 0 Å². The Bertz CT molecular complexity index is 709. The van der Waals surface area contributed by atoms with Crippen LogP contribution in [0.2, 0.25) is 0 Å². The predicted molar refractivity (Wildman–Crippen MR) is 100 cm³/mol. The number of para-hydroxylation sites is 1. The zero-order valence-corrected chi connectivity index (χ0v) is 15.5. The van der Waals surface area contributed by atoms with Gasteiger partial charge in [-0.25, -0.2) is 0 Å². The summed E-state index contributed by atoms with van der Waals surface area (Å²) in [6.45, 7) is 2.67. The minimum absolute atomic E-state index is 0.320. The van der Waals surface area contributed by atoms with Crippen LogP contribution < -0.4 is 14.2 Å². The number of hydrogen-bond acceptors (Lipinski definition) is 4. The maximum Gasteiger partial charge on any atom is 0.311 e. The zero-order valence-electron chi connectivity index (χ0n) is 15.5. The Morgan fingerprint density at radius 3 is 2.38 bits per heavy atom. The van der Waals surface area contributed by atoms with Gasteiger partial charge >= 0.3 is 5.97 Å². The summed E-state index contributed by atoms with van der Waals surface area (Å²) < 4.78 is 16.5. The van der Waals surface area contributed by atoms with Crippen LogP contribution >= 0.6 is 0 Å². The summed E-state index contributed by atoms with van der Waals surface area (Å²) in [5.41, 5.74) is 1.55. The molecule has 1 unspecified atom stereocenters. The Labute approximate surface area is 154 Å². The number of hydrogen-bond donors (Lipinski definition) is 1. The highest BCUT2D eigenvalue weighted by molar-refractivity contribution is 5.77. The molecular formula is C21H26O5. The molecule has 0 aliphatic heterocycles. The summed E-state index contributed by atoms with van der Waals surface area (Å²) in [5.74, 6) is 0.391. The van der Waals surface area contributed by atoms with Crippen molar-refractivity contribution in [1.82, 2.24) is 0 Å². The fourth-order valence-corrected chi connectivity index (χ4v) is 2.77. The first-order valence-electron chi connectivity index (χ1n) is 8.76. The molecule has 0 heterocycles. The molecule has 2 rings (SSSR count). The molecule has 0 fully saturated rings. The van der Waals surface area contributed by atoms with Gasteiger partial charge in [-0.2, -0.15) is 0 Å². The Morgan fingerprint density at radius 2 is 1.81 bits per heavy atom. The number of methoxy groups -OCH3 is 2. The van der Waals surface area contributed by atoms with Crippen molar-refractivity contribution in [1.29, 1.82) is 0 Å². The van der Waals surface area contributed by atoms with E-state index in [1.165, 1.54) is 0 Å². The van der Waals surface area contributed by atoms with Crippen LogP contribution in [0.15, 0.2) is 42.5 Å². The van der Waals surface area contributed by atoms with Crippen LogP contribution in [0.4, 0.5) is 0 Å². The number of carbonyl (C=O) groups is 1. The van der Waals surface area contributed by atoms with E-state index in [0.717, 1.165) is 24.0 Å². The third-order valence-corrected chi connectivity index (χ3v) is 4.26. The second kappa shape index (κ2) is 9.70. The first-order valence-corrected chi connectivity index (χ1v) is 8.76. The van der Waals surface area contributed by atoms with Gasteiger partial charge in [0, 0.05) is 0 Å². The van der Waals surface area contributed by atoms with E-state index in [2.05, 4.69) is 6.92 Å². The molecule has 0 radical (unpaired) electrons. The van der Waals surface area contributed by atoms with E-state index in [9.17, 15) is 9.90 Å². The van der Waals surface area contributed by atoms with Crippen LogP contribution in [-0.4, -0.2) is 31.9 Å². The highest BCUT2D eigenvalue weighted by atomic mass is 16.5. The lowest BCUT2D eigenvalue weighted by Crippen LogP contribution is -2.15. The molecule has 2 aromatic carbocycles. The van der Waals surface area contributed by atoms with Gasteiger partial charge in [0.15, 0.2) is 11.5 Å². The lowest BCUT2D eigenvalue weighted by atomic mass is 9.91. The maximum absolute atomic E-state index is 11.9. The molecular weight excluding hydrogens is 332 g/mol. The zero-order chi connectivity index (χ0) is 18.9. The van der Waals surface area contributed by atoms with Crippen molar-refractivity contribution in [3.63, 3.8) is 0 Å². The molecule has 1 N–H and O–H groups in total. The highest BCUT2D eigenvalue weighted by Gasteiger charge is 2.23. The van der Waals surface area contributed by atoms with Gasteiger partial charge < -0.3 is 19.3 Å². The fourth-order valence-electron chi connectivity index (χ4n) is 2.77. The molecule has 2 aromatic rings. The fraction of sp³-hybridized carbons (Fsp3) is 0.381. The lowest BCUT2D eigenvalue weighted by Gasteiger charge is -2.18. The topological polar surface area (TPSA) is 65.0 Å².